The van der Waals surface area contributed by atoms with Gasteiger partial charge in [0.15, 0.2) is 17.1 Å². The van der Waals surface area contributed by atoms with Crippen molar-refractivity contribution in [1.82, 2.24) is 5.32 Å². The van der Waals surface area contributed by atoms with Gasteiger partial charge < -0.3 is 24.4 Å². The van der Waals surface area contributed by atoms with Crippen LogP contribution in [-0.4, -0.2) is 30.8 Å². The number of ether oxygens (including phenoxy) is 3. The maximum absolute atomic E-state index is 12.8. The lowest BCUT2D eigenvalue weighted by Crippen LogP contribution is -2.53. The Bertz CT molecular complexity index is 976. The molecule has 152 valence electrons. The lowest BCUT2D eigenvalue weighted by molar-refractivity contribution is -0.132. The maximum atomic E-state index is 12.8. The van der Waals surface area contributed by atoms with E-state index in [4.69, 9.17) is 25.8 Å². The fourth-order valence-electron chi connectivity index (χ4n) is 3.32. The number of carbonyl (C=O) groups excluding carboxylic acids is 2. The van der Waals surface area contributed by atoms with Gasteiger partial charge in [0.25, 0.3) is 5.91 Å². The molecule has 2 aliphatic heterocycles. The zero-order valence-electron chi connectivity index (χ0n) is 16.2. The first-order valence-corrected chi connectivity index (χ1v) is 9.67. The number of halogens is 1. The van der Waals surface area contributed by atoms with Crippen LogP contribution >= 0.6 is 11.6 Å². The standard InChI is InChI=1S/C21H21ClN2O5/c1-21(2)20(26)24(15-10-14(22)4-6-16(15)29-21)8-7-19(25)23-11-13-3-5-17-18(9-13)28-12-27-17/h3-6,9-10H,7-8,11-12H2,1-2H3,(H,23,25). The topological polar surface area (TPSA) is 77.1 Å². The smallest absolute Gasteiger partial charge is 0.270 e. The lowest BCUT2D eigenvalue weighted by atomic mass is 10.0. The number of amides is 2. The number of anilines is 1. The van der Waals surface area contributed by atoms with Gasteiger partial charge in [-0.3, -0.25) is 9.59 Å². The van der Waals surface area contributed by atoms with Crippen molar-refractivity contribution in [2.45, 2.75) is 32.4 Å². The summed E-state index contributed by atoms with van der Waals surface area (Å²) >= 11 is 6.09. The van der Waals surface area contributed by atoms with E-state index in [1.807, 2.05) is 18.2 Å². The molecule has 2 aromatic rings. The number of benzene rings is 2. The quantitative estimate of drug-likeness (QED) is 0.809. The normalized spacial score (nSPS) is 16.2. The summed E-state index contributed by atoms with van der Waals surface area (Å²) in [6.45, 7) is 4.21. The van der Waals surface area contributed by atoms with Crippen molar-refractivity contribution in [1.29, 1.82) is 0 Å². The van der Waals surface area contributed by atoms with Crippen LogP contribution in [-0.2, 0) is 16.1 Å². The number of hydrogen-bond donors (Lipinski definition) is 1. The summed E-state index contributed by atoms with van der Waals surface area (Å²) in [6, 6.07) is 10.7. The predicted molar refractivity (Wildman–Crippen MR) is 108 cm³/mol. The van der Waals surface area contributed by atoms with Crippen LogP contribution in [0.3, 0.4) is 0 Å². The largest absolute Gasteiger partial charge is 0.476 e. The molecule has 0 spiro atoms. The molecule has 1 N–H and O–H groups in total. The zero-order valence-corrected chi connectivity index (χ0v) is 16.9. The Labute approximate surface area is 173 Å². The third-order valence-corrected chi connectivity index (χ3v) is 5.06. The second-order valence-electron chi connectivity index (χ2n) is 7.40. The minimum absolute atomic E-state index is 0.151. The number of rotatable bonds is 5. The van der Waals surface area contributed by atoms with Gasteiger partial charge in [0.2, 0.25) is 12.7 Å². The third-order valence-electron chi connectivity index (χ3n) is 4.83. The van der Waals surface area contributed by atoms with E-state index in [0.717, 1.165) is 5.56 Å². The molecule has 0 radical (unpaired) electrons. The summed E-state index contributed by atoms with van der Waals surface area (Å²) < 4.78 is 16.4. The van der Waals surface area contributed by atoms with Gasteiger partial charge in [-0.05, 0) is 49.7 Å². The maximum Gasteiger partial charge on any atom is 0.270 e. The molecule has 2 aliphatic rings. The van der Waals surface area contributed by atoms with Gasteiger partial charge in [0.05, 0.1) is 5.69 Å². The molecule has 0 bridgehead atoms. The summed E-state index contributed by atoms with van der Waals surface area (Å²) in [4.78, 5) is 26.8. The fourth-order valence-corrected chi connectivity index (χ4v) is 3.48. The minimum Gasteiger partial charge on any atom is -0.476 e. The van der Waals surface area contributed by atoms with Crippen molar-refractivity contribution >= 4 is 29.1 Å². The van der Waals surface area contributed by atoms with E-state index in [9.17, 15) is 9.59 Å². The Morgan fingerprint density at radius 1 is 1.14 bits per heavy atom. The highest BCUT2D eigenvalue weighted by atomic mass is 35.5. The van der Waals surface area contributed by atoms with Crippen LogP contribution in [0.25, 0.3) is 0 Å². The fraction of sp³-hybridized carbons (Fsp3) is 0.333. The molecule has 7 nitrogen and oxygen atoms in total. The molecule has 4 rings (SSSR count). The molecule has 0 unspecified atom stereocenters. The van der Waals surface area contributed by atoms with Crippen LogP contribution in [0, 0.1) is 0 Å². The van der Waals surface area contributed by atoms with E-state index >= 15 is 0 Å². The average Bonchev–Trinajstić information content (AvgIpc) is 3.15. The first kappa shape index (κ1) is 19.4. The number of hydrogen-bond acceptors (Lipinski definition) is 5. The highest BCUT2D eigenvalue weighted by Gasteiger charge is 2.40. The molecule has 2 aromatic carbocycles. The first-order chi connectivity index (χ1) is 13.8. The Balaban J connectivity index is 1.39. The van der Waals surface area contributed by atoms with Crippen LogP contribution in [0.2, 0.25) is 5.02 Å². The number of fused-ring (bicyclic) bond motifs is 2. The summed E-state index contributed by atoms with van der Waals surface area (Å²) in [5.74, 6) is 1.57. The molecule has 0 saturated heterocycles. The Kier molecular flexibility index (Phi) is 5.00. The molecular formula is C21H21ClN2O5. The van der Waals surface area contributed by atoms with Gasteiger partial charge in [0.1, 0.15) is 5.75 Å². The van der Waals surface area contributed by atoms with Gasteiger partial charge in [-0.25, -0.2) is 0 Å². The summed E-state index contributed by atoms with van der Waals surface area (Å²) in [6.07, 6.45) is 0.151. The Morgan fingerprint density at radius 2 is 1.90 bits per heavy atom. The molecular weight excluding hydrogens is 396 g/mol. The second kappa shape index (κ2) is 7.48. The highest BCUT2D eigenvalue weighted by Crippen LogP contribution is 2.39. The first-order valence-electron chi connectivity index (χ1n) is 9.29. The van der Waals surface area contributed by atoms with Crippen LogP contribution in [0.1, 0.15) is 25.8 Å². The Morgan fingerprint density at radius 3 is 2.72 bits per heavy atom. The van der Waals surface area contributed by atoms with E-state index in [1.54, 1.807) is 36.9 Å². The number of carbonyl (C=O) groups is 2. The number of nitrogens with zero attached hydrogens (tertiary/aromatic N) is 1. The van der Waals surface area contributed by atoms with Gasteiger partial charge in [-0.2, -0.15) is 0 Å². The zero-order chi connectivity index (χ0) is 20.6. The summed E-state index contributed by atoms with van der Waals surface area (Å²) in [5, 5.41) is 3.37. The molecule has 0 aliphatic carbocycles. The van der Waals surface area contributed by atoms with Crippen molar-refractivity contribution in [3.05, 3.63) is 47.0 Å². The third kappa shape index (κ3) is 3.96. The van der Waals surface area contributed by atoms with Crippen LogP contribution in [0.4, 0.5) is 5.69 Å². The molecule has 0 saturated carbocycles. The summed E-state index contributed by atoms with van der Waals surface area (Å²) in [7, 11) is 0. The van der Waals surface area contributed by atoms with E-state index in [1.165, 1.54) is 0 Å². The molecule has 0 fully saturated rings. The van der Waals surface area contributed by atoms with Gasteiger partial charge in [-0.15, -0.1) is 0 Å². The van der Waals surface area contributed by atoms with Crippen molar-refractivity contribution in [3.8, 4) is 17.2 Å². The van der Waals surface area contributed by atoms with Crippen molar-refractivity contribution in [3.63, 3.8) is 0 Å². The molecule has 0 atom stereocenters. The monoisotopic (exact) mass is 416 g/mol. The van der Waals surface area contributed by atoms with Crippen molar-refractivity contribution < 1.29 is 23.8 Å². The van der Waals surface area contributed by atoms with Gasteiger partial charge in [-0.1, -0.05) is 17.7 Å². The second-order valence-corrected chi connectivity index (χ2v) is 7.83. The molecule has 2 amide bonds. The lowest BCUT2D eigenvalue weighted by Gasteiger charge is -2.38. The van der Waals surface area contributed by atoms with Crippen LogP contribution in [0.5, 0.6) is 17.2 Å². The van der Waals surface area contributed by atoms with Crippen LogP contribution in [0.15, 0.2) is 36.4 Å². The average molecular weight is 417 g/mol. The molecule has 0 aromatic heterocycles. The van der Waals surface area contributed by atoms with Gasteiger partial charge >= 0.3 is 0 Å². The SMILES string of the molecule is CC1(C)Oc2ccc(Cl)cc2N(CCC(=O)NCc2ccc3c(c2)OCO3)C1=O. The van der Waals surface area contributed by atoms with E-state index in [0.29, 0.717) is 34.5 Å². The van der Waals surface area contributed by atoms with E-state index in [2.05, 4.69) is 5.32 Å². The van der Waals surface area contributed by atoms with Crippen molar-refractivity contribution in [2.75, 3.05) is 18.2 Å². The van der Waals surface area contributed by atoms with Gasteiger partial charge in [0, 0.05) is 24.5 Å². The van der Waals surface area contributed by atoms with Crippen molar-refractivity contribution in [2.24, 2.45) is 0 Å². The molecule has 2 heterocycles. The molecule has 8 heteroatoms. The molecule has 29 heavy (non-hydrogen) atoms. The van der Waals surface area contributed by atoms with Crippen LogP contribution < -0.4 is 24.4 Å². The van der Waals surface area contributed by atoms with E-state index in [-0.39, 0.29) is 31.6 Å². The number of nitrogens with one attached hydrogen (secondary N) is 1. The predicted octanol–water partition coefficient (Wildman–Crippen LogP) is 3.28. The summed E-state index contributed by atoms with van der Waals surface area (Å²) in [5.41, 5.74) is 0.470. The Hall–Kier alpha value is -2.93. The minimum atomic E-state index is -1.01. The van der Waals surface area contributed by atoms with E-state index < -0.39 is 5.60 Å². The highest BCUT2D eigenvalue weighted by molar-refractivity contribution is 6.31.